The Morgan fingerprint density at radius 1 is 0.459 bits per heavy atom. The molecule has 36 heteroatoms. The summed E-state index contributed by atoms with van der Waals surface area (Å²) in [6.07, 6.45) is -61.9. The van der Waals surface area contributed by atoms with Crippen LogP contribution in [0.2, 0.25) is 0 Å². The van der Waals surface area contributed by atoms with Crippen molar-refractivity contribution in [1.82, 2.24) is 5.32 Å². The summed E-state index contributed by atoms with van der Waals surface area (Å²) in [7, 11) is -5.62. The van der Waals surface area contributed by atoms with Crippen LogP contribution in [0.25, 0.3) is 0 Å². The van der Waals surface area contributed by atoms with E-state index in [1.165, 1.54) is 6.92 Å². The first-order valence-corrected chi connectivity index (χ1v) is 24.0. The number of hydrogen-bond acceptors (Lipinski definition) is 32. The van der Waals surface area contributed by atoms with Crippen LogP contribution in [0, 0.1) is 0 Å². The SMILES string of the molecule is CC(=O)N[C@H]1C(O)O[C@H](CO)[C@H](O)[C@@H]1O[C@@H]1O[C@H](CO)[C@H](O[C@@H]2O[C@H](CO)[C@H](O[C@@H]3O[C@H](CO)[C@H](O)[C@H](O)[C@H]3O)[C@H](O[C@@H]3O[C@H](C(=O)O)[C@@H](O)[C@H](OS(=O)(=O)O)[C@H]3O)[C@H]2O)[C@H](O)[C@H]1O[C@@H]1O[C@@H](C)[C@@H](O)[C@@H](O)[C@@H]1O. The normalized spacial score (nSPS) is 49.5. The average Bonchev–Trinajstić information content (AvgIpc) is 3.34. The summed E-state index contributed by atoms with van der Waals surface area (Å²) in [5.74, 6) is -2.86. The van der Waals surface area contributed by atoms with Crippen LogP contribution in [-0.4, -0.2) is 322 Å². The Kier molecular flexibility index (Phi) is 20.8. The number of aliphatic hydroxyl groups is 16. The molecule has 6 fully saturated rings. The third-order valence-electron chi connectivity index (χ3n) is 13.0. The molecule has 430 valence electrons. The van der Waals surface area contributed by atoms with Crippen LogP contribution in [0.4, 0.5) is 0 Å². The zero-order chi connectivity index (χ0) is 55.0. The van der Waals surface area contributed by atoms with Crippen LogP contribution < -0.4 is 5.32 Å². The fourth-order valence-electron chi connectivity index (χ4n) is 9.06. The van der Waals surface area contributed by atoms with Gasteiger partial charge >= 0.3 is 16.4 Å². The van der Waals surface area contributed by atoms with Crippen molar-refractivity contribution >= 4 is 22.3 Å². The second-order valence-corrected chi connectivity index (χ2v) is 19.1. The van der Waals surface area contributed by atoms with Crippen molar-refractivity contribution in [2.75, 3.05) is 26.4 Å². The molecule has 30 atom stereocenters. The molecule has 0 radical (unpaired) electrons. The molecule has 35 nitrogen and oxygen atoms in total. The monoisotopic (exact) mass is 1110 g/mol. The minimum Gasteiger partial charge on any atom is -0.479 e. The summed E-state index contributed by atoms with van der Waals surface area (Å²) in [4.78, 5) is 24.4. The summed E-state index contributed by atoms with van der Waals surface area (Å²) >= 11 is 0. The van der Waals surface area contributed by atoms with Gasteiger partial charge < -0.3 is 144 Å². The Morgan fingerprint density at radius 2 is 0.905 bits per heavy atom. The molecule has 1 amide bonds. The summed E-state index contributed by atoms with van der Waals surface area (Å²) in [6, 6.07) is -1.69. The number of nitrogens with one attached hydrogen (secondary N) is 1. The van der Waals surface area contributed by atoms with Gasteiger partial charge in [0.15, 0.2) is 43.8 Å². The first kappa shape index (κ1) is 61.0. The van der Waals surface area contributed by atoms with Gasteiger partial charge in [0.1, 0.15) is 134 Å². The Labute approximate surface area is 417 Å². The molecule has 0 bridgehead atoms. The zero-order valence-corrected chi connectivity index (χ0v) is 39.5. The molecule has 0 aliphatic carbocycles. The van der Waals surface area contributed by atoms with Crippen molar-refractivity contribution in [2.24, 2.45) is 0 Å². The predicted molar refractivity (Wildman–Crippen MR) is 220 cm³/mol. The van der Waals surface area contributed by atoms with Crippen molar-refractivity contribution in [1.29, 1.82) is 0 Å². The number of carboxylic acid groups (broad SMARTS) is 1. The van der Waals surface area contributed by atoms with Crippen molar-refractivity contribution in [3.63, 3.8) is 0 Å². The van der Waals surface area contributed by atoms with Gasteiger partial charge in [-0.15, -0.1) is 0 Å². The third kappa shape index (κ3) is 13.1. The average molecular weight is 1110 g/mol. The van der Waals surface area contributed by atoms with E-state index in [1.54, 1.807) is 0 Å². The van der Waals surface area contributed by atoms with Gasteiger partial charge in [-0.25, -0.2) is 8.98 Å². The molecular formula is C38H63NO34S. The van der Waals surface area contributed by atoms with Gasteiger partial charge in [-0.2, -0.15) is 8.42 Å². The van der Waals surface area contributed by atoms with Crippen LogP contribution in [0.3, 0.4) is 0 Å². The Bertz CT molecular complexity index is 1940. The van der Waals surface area contributed by atoms with Crippen molar-refractivity contribution in [2.45, 2.75) is 198 Å². The molecule has 6 saturated heterocycles. The number of aliphatic hydroxyl groups excluding tert-OH is 16. The first-order valence-electron chi connectivity index (χ1n) is 22.6. The first-order chi connectivity index (χ1) is 34.7. The molecule has 0 spiro atoms. The van der Waals surface area contributed by atoms with Crippen LogP contribution >= 0.6 is 0 Å². The zero-order valence-electron chi connectivity index (χ0n) is 38.6. The highest BCUT2D eigenvalue weighted by molar-refractivity contribution is 7.80. The number of carbonyl (C=O) groups excluding carboxylic acids is 1. The molecule has 6 rings (SSSR count). The number of aliphatic carboxylic acids is 1. The lowest BCUT2D eigenvalue weighted by molar-refractivity contribution is -0.409. The van der Waals surface area contributed by atoms with Crippen LogP contribution in [0.5, 0.6) is 0 Å². The summed E-state index contributed by atoms with van der Waals surface area (Å²) in [5, 5.41) is 185. The predicted octanol–water partition coefficient (Wildman–Crippen LogP) is -13.0. The molecular weight excluding hydrogens is 1050 g/mol. The summed E-state index contributed by atoms with van der Waals surface area (Å²) in [6.45, 7) is -2.16. The minimum absolute atomic E-state index is 0.814. The van der Waals surface area contributed by atoms with Crippen molar-refractivity contribution in [3.8, 4) is 0 Å². The fraction of sp³-hybridized carbons (Fsp3) is 0.947. The molecule has 0 aromatic heterocycles. The standard InChI is InChI=1S/C38H63NO34S/c1-7-14(45)17(48)19(50)34(62-7)72-31-21(52)25(11(5-42)66-38(31)69-27-13(39-8(2)44)33(58)63-10(4-41)16(27)47)67-36-24(55)29(70-37-23(54)28(73-74(59,60)61)22(53)30(71-37)32(56)57)26(12(6-43)65-36)68-35-20(51)18(49)15(46)9(3-40)64-35/h7,9-31,33-38,40-43,45-55,58H,3-6H2,1-2H3,(H,39,44)(H,56,57)(H,59,60,61)/t7-,9+,10+,11+,12+,13+,14+,15-,16-,17+,18-,19-,20+,21-,22-,23+,24+,25-,26-,27+,28-,29+,30-,31+,33?,34-,35-,36-,37+,38-/m0/s1. The number of carbonyl (C=O) groups is 2. The maximum atomic E-state index is 12.2. The fourth-order valence-corrected chi connectivity index (χ4v) is 9.57. The smallest absolute Gasteiger partial charge is 0.397 e. The number of ether oxygens (including phenoxy) is 11. The molecule has 1 unspecified atom stereocenters. The van der Waals surface area contributed by atoms with Gasteiger partial charge in [0.25, 0.3) is 0 Å². The van der Waals surface area contributed by atoms with E-state index in [1.807, 2.05) is 0 Å². The van der Waals surface area contributed by atoms with Crippen molar-refractivity contribution in [3.05, 3.63) is 0 Å². The maximum Gasteiger partial charge on any atom is 0.397 e. The summed E-state index contributed by atoms with van der Waals surface area (Å²) < 4.78 is 99.7. The van der Waals surface area contributed by atoms with Crippen molar-refractivity contribution < 1.29 is 166 Å². The highest BCUT2D eigenvalue weighted by atomic mass is 32.3. The van der Waals surface area contributed by atoms with Gasteiger partial charge in [0, 0.05) is 6.92 Å². The van der Waals surface area contributed by atoms with Crippen LogP contribution in [0.15, 0.2) is 0 Å². The second-order valence-electron chi connectivity index (χ2n) is 18.0. The van der Waals surface area contributed by atoms with Crippen LogP contribution in [-0.2, 0) is 76.3 Å². The van der Waals surface area contributed by atoms with Gasteiger partial charge in [0.05, 0.1) is 32.5 Å². The van der Waals surface area contributed by atoms with Crippen LogP contribution in [0.1, 0.15) is 13.8 Å². The van der Waals surface area contributed by atoms with E-state index < -0.39 is 233 Å². The number of rotatable bonds is 18. The van der Waals surface area contributed by atoms with E-state index >= 15 is 0 Å². The van der Waals surface area contributed by atoms with E-state index in [-0.39, 0.29) is 0 Å². The van der Waals surface area contributed by atoms with Gasteiger partial charge in [-0.05, 0) is 6.92 Å². The molecule has 74 heavy (non-hydrogen) atoms. The minimum atomic E-state index is -5.62. The van der Waals surface area contributed by atoms with Gasteiger partial charge in [-0.3, -0.25) is 9.35 Å². The van der Waals surface area contributed by atoms with E-state index in [0.717, 1.165) is 6.92 Å². The maximum absolute atomic E-state index is 12.2. The molecule has 6 heterocycles. The molecule has 19 N–H and O–H groups in total. The Hall–Kier alpha value is -2.27. The van der Waals surface area contributed by atoms with E-state index in [2.05, 4.69) is 9.50 Å². The topological polar surface area (TPSA) is 555 Å². The Morgan fingerprint density at radius 3 is 1.47 bits per heavy atom. The van der Waals surface area contributed by atoms with Gasteiger partial charge in [-0.1, -0.05) is 0 Å². The van der Waals surface area contributed by atoms with E-state index in [4.69, 9.17) is 52.1 Å². The van der Waals surface area contributed by atoms with E-state index in [0.29, 0.717) is 0 Å². The highest BCUT2D eigenvalue weighted by Gasteiger charge is 2.60. The van der Waals surface area contributed by atoms with Gasteiger partial charge in [0.2, 0.25) is 5.91 Å². The number of amides is 1. The molecule has 6 aliphatic heterocycles. The lowest BCUT2D eigenvalue weighted by atomic mass is 9.94. The quantitative estimate of drug-likeness (QED) is 0.0567. The molecule has 6 aliphatic rings. The largest absolute Gasteiger partial charge is 0.479 e. The lowest BCUT2D eigenvalue weighted by Crippen LogP contribution is -2.70. The second kappa shape index (κ2) is 25.2. The lowest BCUT2D eigenvalue weighted by Gasteiger charge is -2.51. The Balaban J connectivity index is 1.38. The number of hydrogen-bond donors (Lipinski definition) is 19. The molecule has 0 aromatic carbocycles. The highest BCUT2D eigenvalue weighted by Crippen LogP contribution is 2.38. The molecule has 0 aromatic rings. The molecule has 0 saturated carbocycles. The van der Waals surface area contributed by atoms with E-state index in [9.17, 15) is 109 Å². The third-order valence-corrected chi connectivity index (χ3v) is 13.4. The summed E-state index contributed by atoms with van der Waals surface area (Å²) in [5.41, 5.74) is 0. The number of carboxylic acids is 1.